The maximum Gasteiger partial charge on any atom is 0.244 e. The van der Waals surface area contributed by atoms with Gasteiger partial charge in [0.25, 0.3) is 0 Å². The fourth-order valence-electron chi connectivity index (χ4n) is 3.53. The second kappa shape index (κ2) is 11.1. The Kier molecular flexibility index (Phi) is 9.90. The number of hydrogen-bond donors (Lipinski definition) is 2. The molecule has 7 heteroatoms. The van der Waals surface area contributed by atoms with Gasteiger partial charge in [0.15, 0.2) is 0 Å². The largest absolute Gasteiger partial charge is 0.379 e. The molecule has 2 fully saturated rings. The van der Waals surface area contributed by atoms with Crippen molar-refractivity contribution in [1.82, 2.24) is 4.90 Å². The molecule has 1 aliphatic heterocycles. The van der Waals surface area contributed by atoms with Crippen LogP contribution in [0.5, 0.6) is 0 Å². The molecule has 1 amide bonds. The summed E-state index contributed by atoms with van der Waals surface area (Å²) in [4.78, 5) is 14.9. The number of carbonyl (C=O) groups is 1. The van der Waals surface area contributed by atoms with Gasteiger partial charge in [-0.2, -0.15) is 0 Å². The van der Waals surface area contributed by atoms with E-state index in [1.807, 2.05) is 12.1 Å². The SMILES string of the molecule is Cl.Cl.NC1(C(=O)Nc2ccc(CCN3CCOCC3)cc2)CCCCC1. The molecule has 0 atom stereocenters. The van der Waals surface area contributed by atoms with E-state index in [4.69, 9.17) is 10.5 Å². The zero-order valence-corrected chi connectivity index (χ0v) is 16.9. The molecule has 26 heavy (non-hydrogen) atoms. The number of nitrogens with one attached hydrogen (secondary N) is 1. The van der Waals surface area contributed by atoms with Gasteiger partial charge in [-0.25, -0.2) is 0 Å². The summed E-state index contributed by atoms with van der Waals surface area (Å²) >= 11 is 0. The number of rotatable bonds is 5. The molecule has 1 heterocycles. The fraction of sp³-hybridized carbons (Fsp3) is 0.632. The highest BCUT2D eigenvalue weighted by molar-refractivity contribution is 5.98. The van der Waals surface area contributed by atoms with Gasteiger partial charge in [0.05, 0.1) is 18.8 Å². The molecule has 0 bridgehead atoms. The molecular weight excluding hydrogens is 373 g/mol. The van der Waals surface area contributed by atoms with Crippen molar-refractivity contribution in [2.24, 2.45) is 5.73 Å². The van der Waals surface area contributed by atoms with E-state index in [9.17, 15) is 4.79 Å². The topological polar surface area (TPSA) is 67.6 Å². The zero-order chi connectivity index (χ0) is 16.8. The normalized spacial score (nSPS) is 19.7. The number of amides is 1. The Labute approximate surface area is 168 Å². The van der Waals surface area contributed by atoms with Gasteiger partial charge >= 0.3 is 0 Å². The summed E-state index contributed by atoms with van der Waals surface area (Å²) in [7, 11) is 0. The molecular formula is C19H31Cl2N3O2. The first-order valence-electron chi connectivity index (χ1n) is 9.15. The third kappa shape index (κ3) is 6.39. The maximum atomic E-state index is 12.5. The van der Waals surface area contributed by atoms with Crippen molar-refractivity contribution in [1.29, 1.82) is 0 Å². The minimum atomic E-state index is -0.687. The lowest BCUT2D eigenvalue weighted by Crippen LogP contribution is -2.52. The average Bonchev–Trinajstić information content (AvgIpc) is 2.62. The number of benzene rings is 1. The lowest BCUT2D eigenvalue weighted by Gasteiger charge is -2.31. The standard InChI is InChI=1S/C19H29N3O2.2ClH/c20-19(9-2-1-3-10-19)18(23)21-17-6-4-16(5-7-17)8-11-22-12-14-24-15-13-22;;/h4-7H,1-3,8-15,20H2,(H,21,23);2*1H. The predicted octanol–water partition coefficient (Wildman–Crippen LogP) is 3.01. The molecule has 0 radical (unpaired) electrons. The number of halogens is 2. The molecule has 1 aromatic carbocycles. The molecule has 1 aromatic rings. The monoisotopic (exact) mass is 403 g/mol. The third-order valence-electron chi connectivity index (χ3n) is 5.23. The van der Waals surface area contributed by atoms with E-state index in [0.717, 1.165) is 70.6 Å². The van der Waals surface area contributed by atoms with Crippen LogP contribution in [-0.4, -0.2) is 49.2 Å². The summed E-state index contributed by atoms with van der Waals surface area (Å²) in [5.74, 6) is -0.0386. The van der Waals surface area contributed by atoms with Crippen LogP contribution in [-0.2, 0) is 16.0 Å². The van der Waals surface area contributed by atoms with Crippen LogP contribution in [0, 0.1) is 0 Å². The minimum Gasteiger partial charge on any atom is -0.379 e. The molecule has 148 valence electrons. The molecule has 0 spiro atoms. The predicted molar refractivity (Wildman–Crippen MR) is 111 cm³/mol. The Morgan fingerprint density at radius 1 is 1.08 bits per heavy atom. The number of ether oxygens (including phenoxy) is 1. The van der Waals surface area contributed by atoms with Crippen LogP contribution in [0.15, 0.2) is 24.3 Å². The van der Waals surface area contributed by atoms with Crippen LogP contribution in [0.4, 0.5) is 5.69 Å². The molecule has 2 aliphatic rings. The van der Waals surface area contributed by atoms with Gasteiger partial charge in [-0.15, -0.1) is 24.8 Å². The summed E-state index contributed by atoms with van der Waals surface area (Å²) in [6, 6.07) is 8.16. The van der Waals surface area contributed by atoms with Gasteiger partial charge < -0.3 is 15.8 Å². The quantitative estimate of drug-likeness (QED) is 0.792. The van der Waals surface area contributed by atoms with Crippen molar-refractivity contribution in [2.45, 2.75) is 44.1 Å². The Balaban J connectivity index is 0.00000169. The summed E-state index contributed by atoms with van der Waals surface area (Å²) in [5, 5.41) is 2.99. The van der Waals surface area contributed by atoms with Crippen LogP contribution in [0.25, 0.3) is 0 Å². The van der Waals surface area contributed by atoms with Crippen molar-refractivity contribution in [3.8, 4) is 0 Å². The second-order valence-corrected chi connectivity index (χ2v) is 7.07. The highest BCUT2D eigenvalue weighted by atomic mass is 35.5. The van der Waals surface area contributed by atoms with Crippen LogP contribution in [0.3, 0.4) is 0 Å². The molecule has 3 rings (SSSR count). The summed E-state index contributed by atoms with van der Waals surface area (Å²) in [5.41, 5.74) is 7.73. The maximum absolute atomic E-state index is 12.5. The van der Waals surface area contributed by atoms with Gasteiger partial charge in [-0.3, -0.25) is 9.69 Å². The van der Waals surface area contributed by atoms with E-state index < -0.39 is 5.54 Å². The van der Waals surface area contributed by atoms with Crippen molar-refractivity contribution < 1.29 is 9.53 Å². The van der Waals surface area contributed by atoms with Gasteiger partial charge in [0, 0.05) is 25.3 Å². The fourth-order valence-corrected chi connectivity index (χ4v) is 3.53. The minimum absolute atomic E-state index is 0. The van der Waals surface area contributed by atoms with Gasteiger partial charge in [-0.1, -0.05) is 31.4 Å². The zero-order valence-electron chi connectivity index (χ0n) is 15.2. The number of nitrogens with two attached hydrogens (primary N) is 1. The summed E-state index contributed by atoms with van der Waals surface area (Å²) < 4.78 is 5.37. The van der Waals surface area contributed by atoms with Crippen LogP contribution in [0.2, 0.25) is 0 Å². The van der Waals surface area contributed by atoms with Crippen molar-refractivity contribution in [2.75, 3.05) is 38.2 Å². The van der Waals surface area contributed by atoms with E-state index >= 15 is 0 Å². The number of nitrogens with zero attached hydrogens (tertiary/aromatic N) is 1. The van der Waals surface area contributed by atoms with Gasteiger partial charge in [-0.05, 0) is 37.0 Å². The Morgan fingerprint density at radius 3 is 2.31 bits per heavy atom. The summed E-state index contributed by atoms with van der Waals surface area (Å²) in [6.45, 7) is 4.78. The molecule has 0 unspecified atom stereocenters. The van der Waals surface area contributed by atoms with Gasteiger partial charge in [0.1, 0.15) is 0 Å². The Hall–Kier alpha value is -0.850. The first kappa shape index (κ1) is 23.2. The molecule has 3 N–H and O–H groups in total. The van der Waals surface area contributed by atoms with E-state index in [1.165, 1.54) is 12.0 Å². The molecule has 1 saturated heterocycles. The molecule has 5 nitrogen and oxygen atoms in total. The number of hydrogen-bond acceptors (Lipinski definition) is 4. The summed E-state index contributed by atoms with van der Waals surface area (Å²) in [6.07, 6.45) is 5.88. The average molecular weight is 404 g/mol. The van der Waals surface area contributed by atoms with Crippen LogP contribution >= 0.6 is 24.8 Å². The Morgan fingerprint density at radius 2 is 1.69 bits per heavy atom. The molecule has 1 saturated carbocycles. The number of carbonyl (C=O) groups excluding carboxylic acids is 1. The first-order valence-corrected chi connectivity index (χ1v) is 9.15. The second-order valence-electron chi connectivity index (χ2n) is 7.07. The smallest absolute Gasteiger partial charge is 0.244 e. The van der Waals surface area contributed by atoms with Crippen molar-refractivity contribution >= 4 is 36.4 Å². The number of anilines is 1. The lowest BCUT2D eigenvalue weighted by molar-refractivity contribution is -0.122. The lowest BCUT2D eigenvalue weighted by atomic mass is 9.82. The van der Waals surface area contributed by atoms with Crippen LogP contribution < -0.4 is 11.1 Å². The number of morpholine rings is 1. The van der Waals surface area contributed by atoms with E-state index in [-0.39, 0.29) is 30.7 Å². The van der Waals surface area contributed by atoms with E-state index in [2.05, 4.69) is 22.3 Å². The Bertz CT molecular complexity index is 542. The molecule has 0 aromatic heterocycles. The van der Waals surface area contributed by atoms with Crippen molar-refractivity contribution in [3.63, 3.8) is 0 Å². The molecule has 1 aliphatic carbocycles. The van der Waals surface area contributed by atoms with E-state index in [0.29, 0.717) is 0 Å². The van der Waals surface area contributed by atoms with Gasteiger partial charge in [0.2, 0.25) is 5.91 Å². The van der Waals surface area contributed by atoms with Crippen LogP contribution in [0.1, 0.15) is 37.7 Å². The highest BCUT2D eigenvalue weighted by Gasteiger charge is 2.35. The highest BCUT2D eigenvalue weighted by Crippen LogP contribution is 2.27. The van der Waals surface area contributed by atoms with Crippen molar-refractivity contribution in [3.05, 3.63) is 29.8 Å². The van der Waals surface area contributed by atoms with E-state index in [1.54, 1.807) is 0 Å². The first-order chi connectivity index (χ1) is 11.7. The third-order valence-corrected chi connectivity index (χ3v) is 5.23.